The number of halogens is 1. The molecule has 0 radical (unpaired) electrons. The Kier molecular flexibility index (Phi) is 9.30. The van der Waals surface area contributed by atoms with E-state index in [9.17, 15) is 4.39 Å². The number of benzene rings is 1. The van der Waals surface area contributed by atoms with Gasteiger partial charge in [0.05, 0.1) is 6.67 Å². The molecule has 32 heavy (non-hydrogen) atoms. The zero-order chi connectivity index (χ0) is 22.2. The van der Waals surface area contributed by atoms with E-state index in [1.807, 2.05) is 0 Å². The zero-order valence-corrected chi connectivity index (χ0v) is 20.5. The second-order valence-electron chi connectivity index (χ2n) is 11.4. The summed E-state index contributed by atoms with van der Waals surface area (Å²) in [6.07, 6.45) is 23.6. The lowest BCUT2D eigenvalue weighted by atomic mass is 9.64. The Balaban J connectivity index is 1.16. The lowest BCUT2D eigenvalue weighted by molar-refractivity contribution is 0.114. The van der Waals surface area contributed by atoms with Crippen LogP contribution in [0.15, 0.2) is 36.9 Å². The molecule has 1 aromatic carbocycles. The Morgan fingerprint density at radius 1 is 0.656 bits per heavy atom. The van der Waals surface area contributed by atoms with E-state index in [1.165, 1.54) is 82.6 Å². The highest BCUT2D eigenvalue weighted by atomic mass is 19.1. The predicted octanol–water partition coefficient (Wildman–Crippen LogP) is 9.44. The number of hydrogen-bond acceptors (Lipinski definition) is 0. The first-order valence-corrected chi connectivity index (χ1v) is 14.0. The van der Waals surface area contributed by atoms with E-state index < -0.39 is 0 Å². The lowest BCUT2D eigenvalue weighted by Gasteiger charge is -2.41. The molecule has 0 nitrogen and oxygen atoms in total. The first-order chi connectivity index (χ1) is 15.8. The summed E-state index contributed by atoms with van der Waals surface area (Å²) >= 11 is 0. The molecule has 0 N–H and O–H groups in total. The fourth-order valence-corrected chi connectivity index (χ4v) is 7.42. The summed E-state index contributed by atoms with van der Waals surface area (Å²) in [4.78, 5) is 0. The SMILES string of the molecule is C=C[C@H]1CC[C@H]([C@H]2CC[C@H](C3CCC(c4ccc(CCCCCF)cc4)CC3)CC2)CC1. The van der Waals surface area contributed by atoms with Gasteiger partial charge in [-0.25, -0.2) is 0 Å². The van der Waals surface area contributed by atoms with Crippen LogP contribution in [0, 0.1) is 29.6 Å². The van der Waals surface area contributed by atoms with Crippen LogP contribution in [-0.4, -0.2) is 6.67 Å². The second-order valence-corrected chi connectivity index (χ2v) is 11.4. The summed E-state index contributed by atoms with van der Waals surface area (Å²) < 4.78 is 12.2. The molecule has 3 saturated carbocycles. The highest BCUT2D eigenvalue weighted by Crippen LogP contribution is 2.47. The first kappa shape index (κ1) is 24.0. The lowest BCUT2D eigenvalue weighted by Crippen LogP contribution is -2.29. The Morgan fingerprint density at radius 3 is 1.66 bits per heavy atom. The Bertz CT molecular complexity index is 652. The number of aryl methyl sites for hydroxylation is 1. The maximum atomic E-state index is 12.2. The number of alkyl halides is 1. The monoisotopic (exact) mass is 438 g/mol. The molecule has 0 heterocycles. The van der Waals surface area contributed by atoms with Crippen LogP contribution in [0.1, 0.15) is 113 Å². The highest BCUT2D eigenvalue weighted by Gasteiger charge is 2.34. The molecule has 0 spiro atoms. The van der Waals surface area contributed by atoms with Crippen LogP contribution >= 0.6 is 0 Å². The normalized spacial score (nSPS) is 33.7. The Hall–Kier alpha value is -1.11. The van der Waals surface area contributed by atoms with Gasteiger partial charge in [-0.2, -0.15) is 0 Å². The van der Waals surface area contributed by atoms with E-state index in [0.717, 1.165) is 61.2 Å². The van der Waals surface area contributed by atoms with Crippen LogP contribution in [0.3, 0.4) is 0 Å². The van der Waals surface area contributed by atoms with Crippen molar-refractivity contribution in [2.24, 2.45) is 29.6 Å². The van der Waals surface area contributed by atoms with Crippen molar-refractivity contribution >= 4 is 0 Å². The third-order valence-electron chi connectivity index (χ3n) is 9.62. The van der Waals surface area contributed by atoms with Gasteiger partial charge in [-0.15, -0.1) is 6.58 Å². The van der Waals surface area contributed by atoms with Crippen LogP contribution in [-0.2, 0) is 6.42 Å². The van der Waals surface area contributed by atoms with Crippen LogP contribution in [0.25, 0.3) is 0 Å². The molecule has 0 saturated heterocycles. The topological polar surface area (TPSA) is 0 Å². The molecule has 3 aliphatic rings. The third-order valence-corrected chi connectivity index (χ3v) is 9.62. The van der Waals surface area contributed by atoms with Crippen molar-refractivity contribution in [2.75, 3.05) is 6.67 Å². The minimum absolute atomic E-state index is 0.167. The van der Waals surface area contributed by atoms with Gasteiger partial charge in [-0.1, -0.05) is 36.8 Å². The molecule has 3 fully saturated rings. The summed E-state index contributed by atoms with van der Waals surface area (Å²) in [5.41, 5.74) is 2.99. The molecule has 0 aliphatic heterocycles. The van der Waals surface area contributed by atoms with Crippen molar-refractivity contribution in [1.29, 1.82) is 0 Å². The van der Waals surface area contributed by atoms with Crippen molar-refractivity contribution in [2.45, 2.75) is 109 Å². The van der Waals surface area contributed by atoms with Gasteiger partial charge in [0.25, 0.3) is 0 Å². The molecule has 1 heteroatoms. The molecule has 0 bridgehead atoms. The van der Waals surface area contributed by atoms with Crippen molar-refractivity contribution in [3.8, 4) is 0 Å². The molecular weight excluding hydrogens is 391 g/mol. The zero-order valence-electron chi connectivity index (χ0n) is 20.5. The van der Waals surface area contributed by atoms with E-state index in [0.29, 0.717) is 0 Å². The van der Waals surface area contributed by atoms with Crippen LogP contribution in [0.4, 0.5) is 4.39 Å². The molecule has 1 aromatic rings. The predicted molar refractivity (Wildman–Crippen MR) is 136 cm³/mol. The number of allylic oxidation sites excluding steroid dienone is 1. The molecule has 0 aromatic heterocycles. The molecule has 3 aliphatic carbocycles. The maximum absolute atomic E-state index is 12.2. The van der Waals surface area contributed by atoms with E-state index >= 15 is 0 Å². The molecular formula is C31H47F. The minimum Gasteiger partial charge on any atom is -0.251 e. The molecule has 178 valence electrons. The average Bonchev–Trinajstić information content (AvgIpc) is 2.87. The van der Waals surface area contributed by atoms with Gasteiger partial charge in [0.15, 0.2) is 0 Å². The summed E-state index contributed by atoms with van der Waals surface area (Å²) in [6.45, 7) is 3.85. The standard InChI is InChI=1S/C31H47F/c1-2-24-7-11-26(12-8-24)28-15-19-30(20-16-28)31-21-17-29(18-22-31)27-13-9-25(10-14-27)6-4-3-5-23-32/h2,9-10,13-14,24,26,28-31H,1,3-8,11-12,15-23H2/t24-,26-,28-,29?,30-,31?. The van der Waals surface area contributed by atoms with E-state index in [4.69, 9.17) is 0 Å². The fraction of sp³-hybridized carbons (Fsp3) is 0.742. The quantitative estimate of drug-likeness (QED) is 0.266. The Labute approximate surface area is 197 Å². The highest BCUT2D eigenvalue weighted by molar-refractivity contribution is 5.26. The van der Waals surface area contributed by atoms with Gasteiger partial charge >= 0.3 is 0 Å². The summed E-state index contributed by atoms with van der Waals surface area (Å²) in [5.74, 6) is 5.66. The van der Waals surface area contributed by atoms with Crippen molar-refractivity contribution < 1.29 is 4.39 Å². The number of rotatable bonds is 9. The smallest absolute Gasteiger partial charge is 0.0894 e. The third kappa shape index (κ3) is 6.48. The molecule has 0 unspecified atom stereocenters. The molecule has 0 amide bonds. The first-order valence-electron chi connectivity index (χ1n) is 14.0. The van der Waals surface area contributed by atoms with Crippen LogP contribution in [0.2, 0.25) is 0 Å². The summed E-state index contributed by atoms with van der Waals surface area (Å²) in [7, 11) is 0. The fourth-order valence-electron chi connectivity index (χ4n) is 7.42. The van der Waals surface area contributed by atoms with Gasteiger partial charge < -0.3 is 0 Å². The van der Waals surface area contributed by atoms with Gasteiger partial charge in [-0.3, -0.25) is 4.39 Å². The van der Waals surface area contributed by atoms with Crippen molar-refractivity contribution in [1.82, 2.24) is 0 Å². The maximum Gasteiger partial charge on any atom is 0.0894 e. The Morgan fingerprint density at radius 2 is 1.16 bits per heavy atom. The van der Waals surface area contributed by atoms with E-state index in [2.05, 4.69) is 36.9 Å². The van der Waals surface area contributed by atoms with E-state index in [-0.39, 0.29) is 6.67 Å². The summed E-state index contributed by atoms with van der Waals surface area (Å²) in [6, 6.07) is 9.45. The van der Waals surface area contributed by atoms with Crippen LogP contribution < -0.4 is 0 Å². The van der Waals surface area contributed by atoms with Crippen molar-refractivity contribution in [3.05, 3.63) is 48.0 Å². The van der Waals surface area contributed by atoms with Crippen LogP contribution in [0.5, 0.6) is 0 Å². The largest absolute Gasteiger partial charge is 0.251 e. The van der Waals surface area contributed by atoms with Gasteiger partial charge in [0.2, 0.25) is 0 Å². The van der Waals surface area contributed by atoms with Gasteiger partial charge in [0.1, 0.15) is 0 Å². The van der Waals surface area contributed by atoms with Gasteiger partial charge in [-0.05, 0) is 143 Å². The van der Waals surface area contributed by atoms with E-state index in [1.54, 1.807) is 5.56 Å². The van der Waals surface area contributed by atoms with Gasteiger partial charge in [0, 0.05) is 0 Å². The number of unbranched alkanes of at least 4 members (excludes halogenated alkanes) is 2. The average molecular weight is 439 g/mol. The minimum atomic E-state index is -0.167. The van der Waals surface area contributed by atoms with Crippen molar-refractivity contribution in [3.63, 3.8) is 0 Å². The molecule has 0 atom stereocenters. The molecule has 4 rings (SSSR count). The number of hydrogen-bond donors (Lipinski definition) is 0. The summed E-state index contributed by atoms with van der Waals surface area (Å²) in [5, 5.41) is 0. The second kappa shape index (κ2) is 12.4.